The summed E-state index contributed by atoms with van der Waals surface area (Å²) < 4.78 is 0. The van der Waals surface area contributed by atoms with Gasteiger partial charge in [-0.05, 0) is 50.4 Å². The third kappa shape index (κ3) is 2.66. The maximum absolute atomic E-state index is 2.36. The highest BCUT2D eigenvalue weighted by molar-refractivity contribution is 8.11. The number of hydrogen-bond donors (Lipinski definition) is 0. The van der Waals surface area contributed by atoms with Gasteiger partial charge in [-0.3, -0.25) is 0 Å². The zero-order valence-electron chi connectivity index (χ0n) is 13.2. The fourth-order valence-electron chi connectivity index (χ4n) is 3.20. The van der Waals surface area contributed by atoms with Crippen molar-refractivity contribution in [2.24, 2.45) is 0 Å². The first kappa shape index (κ1) is 15.8. The standard InChI is InChI=1S/C21H17P3/c1-4-10-18(11-5-1)24(21-16-17-22-23-21,19-12-6-2-7-13-19)20-14-8-3-9-15-20/h1-17H. The molecule has 0 aliphatic carbocycles. The van der Waals surface area contributed by atoms with Crippen LogP contribution in [0.25, 0.3) is 0 Å². The van der Waals surface area contributed by atoms with Crippen molar-refractivity contribution in [3.8, 4) is 0 Å². The van der Waals surface area contributed by atoms with Crippen LogP contribution in [0.15, 0.2) is 103 Å². The van der Waals surface area contributed by atoms with Crippen LogP contribution in [-0.4, -0.2) is 5.03 Å². The van der Waals surface area contributed by atoms with Crippen molar-refractivity contribution >= 4 is 43.6 Å². The van der Waals surface area contributed by atoms with E-state index in [1.54, 1.807) is 5.03 Å². The van der Waals surface area contributed by atoms with Gasteiger partial charge in [0.05, 0.1) is 0 Å². The molecule has 0 fully saturated rings. The van der Waals surface area contributed by atoms with Gasteiger partial charge >= 0.3 is 0 Å². The Balaban J connectivity index is 2.19. The Labute approximate surface area is 146 Å². The first-order chi connectivity index (χ1) is 11.9. The molecule has 24 heavy (non-hydrogen) atoms. The molecule has 0 N–H and O–H groups in total. The Morgan fingerprint density at radius 2 is 0.958 bits per heavy atom. The van der Waals surface area contributed by atoms with Crippen LogP contribution in [0.2, 0.25) is 0 Å². The van der Waals surface area contributed by atoms with E-state index in [-0.39, 0.29) is 0 Å². The van der Waals surface area contributed by atoms with E-state index >= 15 is 0 Å². The second kappa shape index (κ2) is 7.04. The predicted molar refractivity (Wildman–Crippen MR) is 113 cm³/mol. The summed E-state index contributed by atoms with van der Waals surface area (Å²) in [7, 11) is 2.79. The molecule has 0 amide bonds. The minimum Gasteiger partial charge on any atom is -0.0622 e. The minimum atomic E-state index is -1.79. The summed E-state index contributed by atoms with van der Waals surface area (Å²) >= 11 is 0. The lowest BCUT2D eigenvalue weighted by Crippen LogP contribution is -2.28. The first-order valence-corrected chi connectivity index (χ1v) is 12.3. The molecule has 0 bridgehead atoms. The van der Waals surface area contributed by atoms with E-state index in [2.05, 4.69) is 103 Å². The lowest BCUT2D eigenvalue weighted by atomic mass is 10.4. The van der Waals surface area contributed by atoms with E-state index in [0.717, 1.165) is 0 Å². The van der Waals surface area contributed by atoms with E-state index in [0.29, 0.717) is 0 Å². The van der Waals surface area contributed by atoms with Gasteiger partial charge in [0.2, 0.25) is 0 Å². The molecule has 0 saturated carbocycles. The SMILES string of the molecule is C1=CC(=P(c2ccccc2)(c2ccccc2)c2ccccc2)P=P1. The van der Waals surface area contributed by atoms with Crippen LogP contribution in [0.1, 0.15) is 0 Å². The number of allylic oxidation sites excluding steroid dienone is 1. The van der Waals surface area contributed by atoms with Crippen LogP contribution < -0.4 is 15.9 Å². The monoisotopic (exact) mass is 362 g/mol. The van der Waals surface area contributed by atoms with Gasteiger partial charge in [-0.1, -0.05) is 91.0 Å². The van der Waals surface area contributed by atoms with E-state index in [9.17, 15) is 0 Å². The highest BCUT2D eigenvalue weighted by atomic mass is 31.7. The largest absolute Gasteiger partial charge is 0.0622 e. The van der Waals surface area contributed by atoms with Crippen molar-refractivity contribution in [1.29, 1.82) is 0 Å². The zero-order valence-corrected chi connectivity index (χ0v) is 15.8. The minimum absolute atomic E-state index is 1.38. The Kier molecular flexibility index (Phi) is 4.64. The maximum atomic E-state index is 2.36. The predicted octanol–water partition coefficient (Wildman–Crippen LogP) is 5.45. The summed E-state index contributed by atoms with van der Waals surface area (Å²) in [6, 6.07) is 33.2. The van der Waals surface area contributed by atoms with Gasteiger partial charge in [0, 0.05) is 5.03 Å². The lowest BCUT2D eigenvalue weighted by Gasteiger charge is -2.30. The molecule has 4 rings (SSSR count). The molecule has 0 aromatic heterocycles. The molecule has 0 radical (unpaired) electrons. The molecule has 3 aromatic carbocycles. The molecule has 3 heteroatoms. The van der Waals surface area contributed by atoms with Crippen LogP contribution in [0.3, 0.4) is 0 Å². The van der Waals surface area contributed by atoms with Crippen LogP contribution >= 0.6 is 22.6 Å². The van der Waals surface area contributed by atoms with Gasteiger partial charge in [0.1, 0.15) is 0 Å². The lowest BCUT2D eigenvalue weighted by molar-refractivity contribution is 1.73. The van der Waals surface area contributed by atoms with Gasteiger partial charge < -0.3 is 0 Å². The third-order valence-corrected chi connectivity index (χ3v) is 12.1. The Morgan fingerprint density at radius 3 is 1.29 bits per heavy atom. The summed E-state index contributed by atoms with van der Waals surface area (Å²) in [5.41, 5.74) is 0. The van der Waals surface area contributed by atoms with E-state index < -0.39 is 6.89 Å². The summed E-state index contributed by atoms with van der Waals surface area (Å²) in [4.78, 5) is 0. The van der Waals surface area contributed by atoms with E-state index in [1.807, 2.05) is 0 Å². The first-order valence-electron chi connectivity index (χ1n) is 7.93. The Morgan fingerprint density at radius 1 is 0.542 bits per heavy atom. The van der Waals surface area contributed by atoms with Gasteiger partial charge in [0.15, 0.2) is 0 Å². The molecular weight excluding hydrogens is 345 g/mol. The van der Waals surface area contributed by atoms with Crippen molar-refractivity contribution < 1.29 is 0 Å². The molecule has 0 atom stereocenters. The summed E-state index contributed by atoms with van der Waals surface area (Å²) in [5, 5.41) is 5.86. The molecule has 1 heterocycles. The Bertz CT molecular complexity index is 823. The van der Waals surface area contributed by atoms with Crippen LogP contribution in [-0.2, 0) is 0 Å². The van der Waals surface area contributed by atoms with E-state index in [1.165, 1.54) is 31.6 Å². The van der Waals surface area contributed by atoms with Crippen molar-refractivity contribution in [2.45, 2.75) is 0 Å². The van der Waals surface area contributed by atoms with Gasteiger partial charge in [0.25, 0.3) is 0 Å². The van der Waals surface area contributed by atoms with Crippen molar-refractivity contribution in [2.75, 3.05) is 0 Å². The van der Waals surface area contributed by atoms with Gasteiger partial charge in [-0.25, -0.2) is 0 Å². The molecular formula is C21H17P3. The average Bonchev–Trinajstić information content (AvgIpc) is 3.20. The van der Waals surface area contributed by atoms with Gasteiger partial charge in [-0.2, -0.15) is 0 Å². The van der Waals surface area contributed by atoms with Crippen molar-refractivity contribution in [3.63, 3.8) is 0 Å². The second-order valence-electron chi connectivity index (χ2n) is 5.57. The highest BCUT2D eigenvalue weighted by Crippen LogP contribution is 2.51. The van der Waals surface area contributed by atoms with E-state index in [4.69, 9.17) is 0 Å². The maximum Gasteiger partial charge on any atom is 0.0165 e. The molecule has 0 unspecified atom stereocenters. The number of benzene rings is 3. The fraction of sp³-hybridized carbons (Fsp3) is 0. The molecule has 0 spiro atoms. The quantitative estimate of drug-likeness (QED) is 0.544. The summed E-state index contributed by atoms with van der Waals surface area (Å²) in [5.74, 6) is 2.29. The zero-order chi connectivity index (χ0) is 16.2. The Hall–Kier alpha value is -1.70. The smallest absolute Gasteiger partial charge is 0.0165 e. The highest BCUT2D eigenvalue weighted by Gasteiger charge is 2.28. The topological polar surface area (TPSA) is 0 Å². The third-order valence-electron chi connectivity index (χ3n) is 4.22. The molecule has 3 aromatic rings. The molecule has 1 aliphatic rings. The van der Waals surface area contributed by atoms with Crippen molar-refractivity contribution in [3.05, 3.63) is 103 Å². The fourth-order valence-corrected chi connectivity index (χ4v) is 12.0. The molecule has 0 nitrogen and oxygen atoms in total. The second-order valence-corrected chi connectivity index (χ2v) is 11.8. The molecule has 0 saturated heterocycles. The average molecular weight is 362 g/mol. The molecule has 1 aliphatic heterocycles. The van der Waals surface area contributed by atoms with Crippen molar-refractivity contribution in [1.82, 2.24) is 0 Å². The summed E-state index contributed by atoms with van der Waals surface area (Å²) in [6.07, 6.45) is 2.36. The summed E-state index contributed by atoms with van der Waals surface area (Å²) in [6.45, 7) is -1.79. The normalized spacial score (nSPS) is 14.8. The number of hydrogen-bond acceptors (Lipinski definition) is 0. The molecule has 116 valence electrons. The van der Waals surface area contributed by atoms with Crippen LogP contribution in [0.5, 0.6) is 0 Å². The van der Waals surface area contributed by atoms with Crippen LogP contribution in [0, 0.1) is 0 Å². The van der Waals surface area contributed by atoms with Crippen LogP contribution in [0.4, 0.5) is 0 Å². The number of rotatable bonds is 3. The van der Waals surface area contributed by atoms with Gasteiger partial charge in [-0.15, -0.1) is 0 Å².